The largest absolute Gasteiger partial charge is 0.381 e. The van der Waals surface area contributed by atoms with Gasteiger partial charge in [-0.25, -0.2) is 0 Å². The lowest BCUT2D eigenvalue weighted by molar-refractivity contribution is -0.768. The van der Waals surface area contributed by atoms with Gasteiger partial charge in [-0.3, -0.25) is 0 Å². The highest BCUT2D eigenvalue weighted by Crippen LogP contribution is 2.01. The molecule has 0 saturated carbocycles. The Morgan fingerprint density at radius 3 is 1.59 bits per heavy atom. The van der Waals surface area contributed by atoms with Crippen molar-refractivity contribution in [2.24, 2.45) is 0 Å². The van der Waals surface area contributed by atoms with E-state index < -0.39 is 22.4 Å². The third-order valence-corrected chi connectivity index (χ3v) is 1.87. The van der Waals surface area contributed by atoms with Gasteiger partial charge in [0.2, 0.25) is 0 Å². The minimum atomic E-state index is -0.850. The molecule has 0 bridgehead atoms. The molecular weight excluding hydrogens is 236 g/mol. The zero-order chi connectivity index (χ0) is 13.3. The van der Waals surface area contributed by atoms with Crippen LogP contribution in [0.3, 0.4) is 0 Å². The van der Waals surface area contributed by atoms with E-state index in [1.807, 2.05) is 0 Å². The van der Waals surface area contributed by atoms with Crippen molar-refractivity contribution >= 4 is 0 Å². The van der Waals surface area contributed by atoms with Crippen molar-refractivity contribution in [3.05, 3.63) is 20.2 Å². The Morgan fingerprint density at radius 1 is 0.941 bits per heavy atom. The second-order valence-corrected chi connectivity index (χ2v) is 3.47. The summed E-state index contributed by atoms with van der Waals surface area (Å²) in [5.41, 5.74) is 0. The molecule has 0 aliphatic heterocycles. The molecule has 0 fully saturated rings. The molecule has 100 valence electrons. The fourth-order valence-electron chi connectivity index (χ4n) is 1.000. The van der Waals surface area contributed by atoms with E-state index in [4.69, 9.17) is 4.74 Å². The van der Waals surface area contributed by atoms with Crippen molar-refractivity contribution in [3.63, 3.8) is 0 Å². The summed E-state index contributed by atoms with van der Waals surface area (Å²) in [4.78, 5) is 28.4. The fourth-order valence-corrected chi connectivity index (χ4v) is 1.000. The molecule has 0 spiro atoms. The second kappa shape index (κ2) is 8.50. The molecule has 2 atom stereocenters. The Morgan fingerprint density at radius 2 is 1.29 bits per heavy atom. The van der Waals surface area contributed by atoms with Crippen LogP contribution in [0.15, 0.2) is 0 Å². The van der Waals surface area contributed by atoms with Crippen LogP contribution in [0.4, 0.5) is 0 Å². The van der Waals surface area contributed by atoms with E-state index in [9.17, 15) is 20.2 Å². The highest BCUT2D eigenvalue weighted by Gasteiger charge is 2.08. The van der Waals surface area contributed by atoms with Gasteiger partial charge in [-0.1, -0.05) is 0 Å². The predicted octanol–water partition coefficient (Wildman–Crippen LogP) is 0.977. The number of nitrogens with zero attached hydrogens (tertiary/aromatic N) is 2. The Kier molecular flexibility index (Phi) is 7.68. The smallest absolute Gasteiger partial charge is 0.294 e. The number of rotatable bonds is 10. The lowest BCUT2D eigenvalue weighted by Gasteiger charge is -2.11. The van der Waals surface area contributed by atoms with Gasteiger partial charge in [-0.2, -0.15) is 0 Å². The lowest BCUT2D eigenvalue weighted by atomic mass is 10.3. The van der Waals surface area contributed by atoms with Gasteiger partial charge < -0.3 is 14.4 Å². The van der Waals surface area contributed by atoms with E-state index in [1.54, 1.807) is 13.8 Å². The van der Waals surface area contributed by atoms with Crippen molar-refractivity contribution < 1.29 is 24.6 Å². The second-order valence-electron chi connectivity index (χ2n) is 3.47. The molecule has 0 radical (unpaired) electrons. The van der Waals surface area contributed by atoms with Crippen LogP contribution in [-0.2, 0) is 14.4 Å². The van der Waals surface area contributed by atoms with E-state index in [-0.39, 0.29) is 0 Å². The molecule has 0 aromatic rings. The van der Waals surface area contributed by atoms with Crippen LogP contribution in [0.2, 0.25) is 0 Å². The standard InChI is InChI=1S/C8H16N2O7/c1-7(16-9(11)12)3-5-15-6-4-8(2)17-10(13)14/h7-8H,3-6H2,1-2H3. The summed E-state index contributed by atoms with van der Waals surface area (Å²) in [6.07, 6.45) is -0.299. The summed E-state index contributed by atoms with van der Waals surface area (Å²) in [6, 6.07) is 0. The van der Waals surface area contributed by atoms with Gasteiger partial charge in [-0.05, 0) is 26.7 Å². The molecule has 0 saturated heterocycles. The molecule has 0 heterocycles. The van der Waals surface area contributed by atoms with Crippen molar-refractivity contribution in [1.82, 2.24) is 0 Å². The van der Waals surface area contributed by atoms with Crippen LogP contribution in [0.5, 0.6) is 0 Å². The summed E-state index contributed by atoms with van der Waals surface area (Å²) in [5, 5.41) is 18.2. The van der Waals surface area contributed by atoms with Crippen molar-refractivity contribution in [2.45, 2.75) is 38.9 Å². The van der Waals surface area contributed by atoms with Crippen LogP contribution in [0.25, 0.3) is 0 Å². The predicted molar refractivity (Wildman–Crippen MR) is 55.1 cm³/mol. The Bertz CT molecular complexity index is 224. The van der Waals surface area contributed by atoms with Crippen molar-refractivity contribution in [1.29, 1.82) is 0 Å². The summed E-state index contributed by atoms with van der Waals surface area (Å²) >= 11 is 0. The molecule has 0 aliphatic rings. The van der Waals surface area contributed by atoms with Gasteiger partial charge >= 0.3 is 0 Å². The first-order valence-corrected chi connectivity index (χ1v) is 5.12. The van der Waals surface area contributed by atoms with Crippen LogP contribution in [-0.4, -0.2) is 35.6 Å². The first kappa shape index (κ1) is 15.4. The van der Waals surface area contributed by atoms with Crippen LogP contribution >= 0.6 is 0 Å². The topological polar surface area (TPSA) is 114 Å². The van der Waals surface area contributed by atoms with Crippen molar-refractivity contribution in [2.75, 3.05) is 13.2 Å². The SMILES string of the molecule is CC(CCOCCC(C)O[N+](=O)[O-])O[N+](=O)[O-]. The van der Waals surface area contributed by atoms with Gasteiger partial charge in [0.1, 0.15) is 12.2 Å². The van der Waals surface area contributed by atoms with E-state index >= 15 is 0 Å². The van der Waals surface area contributed by atoms with Gasteiger partial charge in [0.05, 0.1) is 0 Å². The first-order valence-electron chi connectivity index (χ1n) is 5.12. The summed E-state index contributed by atoms with van der Waals surface area (Å²) in [6.45, 7) is 3.70. The van der Waals surface area contributed by atoms with Gasteiger partial charge in [0.15, 0.2) is 0 Å². The molecule has 0 aromatic carbocycles. The molecule has 9 nitrogen and oxygen atoms in total. The van der Waals surface area contributed by atoms with Crippen LogP contribution < -0.4 is 0 Å². The monoisotopic (exact) mass is 252 g/mol. The Balaban J connectivity index is 3.39. The van der Waals surface area contributed by atoms with E-state index in [0.717, 1.165) is 0 Å². The van der Waals surface area contributed by atoms with Gasteiger partial charge in [0, 0.05) is 13.2 Å². The third-order valence-electron chi connectivity index (χ3n) is 1.87. The fraction of sp³-hybridized carbons (Fsp3) is 1.00. The third kappa shape index (κ3) is 10.6. The molecule has 0 rings (SSSR count). The summed E-state index contributed by atoms with van der Waals surface area (Å²) in [7, 11) is 0. The maximum absolute atomic E-state index is 9.95. The van der Waals surface area contributed by atoms with E-state index in [2.05, 4.69) is 9.68 Å². The zero-order valence-electron chi connectivity index (χ0n) is 9.74. The maximum atomic E-state index is 9.95. The molecule has 17 heavy (non-hydrogen) atoms. The van der Waals surface area contributed by atoms with E-state index in [0.29, 0.717) is 26.1 Å². The van der Waals surface area contributed by atoms with E-state index in [1.165, 1.54) is 0 Å². The molecular formula is C8H16N2O7. The minimum Gasteiger partial charge on any atom is -0.381 e. The van der Waals surface area contributed by atoms with Crippen molar-refractivity contribution in [3.8, 4) is 0 Å². The molecule has 9 heteroatoms. The number of ether oxygens (including phenoxy) is 1. The molecule has 0 aromatic heterocycles. The average Bonchev–Trinajstić information content (AvgIpc) is 2.14. The van der Waals surface area contributed by atoms with Crippen LogP contribution in [0.1, 0.15) is 26.7 Å². The molecule has 0 N–H and O–H groups in total. The quantitative estimate of drug-likeness (QED) is 0.323. The minimum absolute atomic E-state index is 0.292. The lowest BCUT2D eigenvalue weighted by Crippen LogP contribution is -2.18. The number of hydrogen-bond acceptors (Lipinski definition) is 7. The Hall–Kier alpha value is -1.64. The maximum Gasteiger partial charge on any atom is 0.294 e. The zero-order valence-corrected chi connectivity index (χ0v) is 9.74. The highest BCUT2D eigenvalue weighted by molar-refractivity contribution is 4.49. The molecule has 0 amide bonds. The van der Waals surface area contributed by atoms with Crippen LogP contribution in [0, 0.1) is 20.2 Å². The van der Waals surface area contributed by atoms with Gasteiger partial charge in [0.25, 0.3) is 10.2 Å². The summed E-state index contributed by atoms with van der Waals surface area (Å²) in [5.74, 6) is 0. The Labute approximate surface area is 97.8 Å². The normalized spacial score (nSPS) is 13.8. The first-order chi connectivity index (χ1) is 7.91. The van der Waals surface area contributed by atoms with Gasteiger partial charge in [-0.15, -0.1) is 20.2 Å². The number of hydrogen-bond donors (Lipinski definition) is 0. The summed E-state index contributed by atoms with van der Waals surface area (Å²) < 4.78 is 5.13. The average molecular weight is 252 g/mol. The molecule has 2 unspecified atom stereocenters. The molecule has 0 aliphatic carbocycles. The highest BCUT2D eigenvalue weighted by atomic mass is 17.0.